The summed E-state index contributed by atoms with van der Waals surface area (Å²) in [7, 11) is 2.47. The molecule has 0 amide bonds. The fraction of sp³-hybridized carbons (Fsp3) is 0.846. The van der Waals surface area contributed by atoms with Crippen molar-refractivity contribution in [2.24, 2.45) is 5.92 Å². The molecule has 2 bridgehead atoms. The molecule has 3 atom stereocenters. The van der Waals surface area contributed by atoms with E-state index in [0.717, 1.165) is 31.6 Å². The molecule has 2 aliphatic carbocycles. The van der Waals surface area contributed by atoms with Crippen LogP contribution in [0.1, 0.15) is 19.3 Å². The highest BCUT2D eigenvalue weighted by molar-refractivity contribution is 6.63. The normalized spacial score (nSPS) is 33.1. The first-order valence-corrected chi connectivity index (χ1v) is 8.64. The summed E-state index contributed by atoms with van der Waals surface area (Å²) in [5, 5.41) is 0. The number of allylic oxidation sites excluding steroid dienone is 2. The zero-order chi connectivity index (χ0) is 13.5. The molecule has 3 aliphatic rings. The lowest BCUT2D eigenvalue weighted by Crippen LogP contribution is -2.48. The Kier molecular flexibility index (Phi) is 3.70. The van der Waals surface area contributed by atoms with Crippen molar-refractivity contribution in [1.82, 2.24) is 0 Å². The van der Waals surface area contributed by atoms with Crippen molar-refractivity contribution >= 4 is 8.80 Å². The van der Waals surface area contributed by atoms with Crippen molar-refractivity contribution in [1.29, 1.82) is 0 Å². The molecule has 3 unspecified atom stereocenters. The topological polar surface area (TPSA) is 49.5 Å². The molecule has 6 heteroatoms. The van der Waals surface area contributed by atoms with Crippen molar-refractivity contribution in [3.8, 4) is 0 Å². The zero-order valence-electron chi connectivity index (χ0n) is 11.8. The number of fused-ring (bicyclic) bond motifs is 2. The van der Waals surface area contributed by atoms with Crippen LogP contribution >= 0.6 is 0 Å². The van der Waals surface area contributed by atoms with Crippen LogP contribution in [0.2, 0.25) is 5.54 Å². The van der Waals surface area contributed by atoms with Gasteiger partial charge < -0.3 is 22.8 Å². The van der Waals surface area contributed by atoms with E-state index >= 15 is 0 Å². The second kappa shape index (κ2) is 5.18. The molecule has 1 saturated carbocycles. The summed E-state index contributed by atoms with van der Waals surface area (Å²) in [6, 6.07) is 0. The smallest absolute Gasteiger partial charge is 0.495 e. The summed E-state index contributed by atoms with van der Waals surface area (Å²) in [6.45, 7) is 1.52. The Morgan fingerprint density at radius 2 is 1.84 bits per heavy atom. The van der Waals surface area contributed by atoms with Crippen LogP contribution in [-0.4, -0.2) is 49.5 Å². The summed E-state index contributed by atoms with van der Waals surface area (Å²) in [4.78, 5) is 0. The molecule has 0 aromatic carbocycles. The maximum atomic E-state index is 5.93. The third-order valence-electron chi connectivity index (χ3n) is 4.46. The van der Waals surface area contributed by atoms with Gasteiger partial charge in [-0.15, -0.1) is 0 Å². The predicted octanol–water partition coefficient (Wildman–Crippen LogP) is 1.72. The van der Waals surface area contributed by atoms with Gasteiger partial charge in [0, 0.05) is 27.8 Å². The molecular formula is C13H22O5Si. The number of epoxide rings is 1. The van der Waals surface area contributed by atoms with Crippen LogP contribution < -0.4 is 0 Å². The van der Waals surface area contributed by atoms with Gasteiger partial charge in [0.25, 0.3) is 0 Å². The third kappa shape index (κ3) is 2.36. The standard InChI is InChI=1S/C13H22O5Si/c1-14-19(15-2,16-3)13-6-9-4-11(13)12(5-9)18-8-10-7-17-10/h9-10,13H,4-8H2,1-3H3. The van der Waals surface area contributed by atoms with Gasteiger partial charge in [-0.3, -0.25) is 0 Å². The highest BCUT2D eigenvalue weighted by Gasteiger charge is 2.56. The number of rotatable bonds is 7. The first-order valence-electron chi connectivity index (χ1n) is 6.84. The lowest BCUT2D eigenvalue weighted by molar-refractivity contribution is 0.110. The first-order chi connectivity index (χ1) is 9.22. The van der Waals surface area contributed by atoms with Crippen LogP contribution in [0.4, 0.5) is 0 Å². The fourth-order valence-electron chi connectivity index (χ4n) is 3.41. The zero-order valence-corrected chi connectivity index (χ0v) is 12.8. The summed E-state index contributed by atoms with van der Waals surface area (Å²) in [5.74, 6) is 1.81. The van der Waals surface area contributed by atoms with E-state index < -0.39 is 8.80 Å². The van der Waals surface area contributed by atoms with Crippen molar-refractivity contribution < 1.29 is 22.8 Å². The molecule has 3 rings (SSSR count). The molecule has 1 heterocycles. The van der Waals surface area contributed by atoms with Crippen LogP contribution in [0.15, 0.2) is 11.3 Å². The Balaban J connectivity index is 1.76. The summed E-state index contributed by atoms with van der Waals surface area (Å²) in [6.07, 6.45) is 3.57. The Morgan fingerprint density at radius 3 is 2.37 bits per heavy atom. The predicted molar refractivity (Wildman–Crippen MR) is 70.6 cm³/mol. The monoisotopic (exact) mass is 286 g/mol. The average molecular weight is 286 g/mol. The van der Waals surface area contributed by atoms with E-state index in [0.29, 0.717) is 18.6 Å². The number of hydrogen-bond donors (Lipinski definition) is 0. The minimum Gasteiger partial charge on any atom is -0.495 e. The highest BCUT2D eigenvalue weighted by atomic mass is 28.4. The quantitative estimate of drug-likeness (QED) is 0.527. The van der Waals surface area contributed by atoms with Crippen molar-refractivity contribution in [2.45, 2.75) is 30.9 Å². The van der Waals surface area contributed by atoms with Gasteiger partial charge in [0.1, 0.15) is 12.7 Å². The number of ether oxygens (including phenoxy) is 2. The van der Waals surface area contributed by atoms with Crippen LogP contribution in [0.5, 0.6) is 0 Å². The van der Waals surface area contributed by atoms with Gasteiger partial charge in [-0.2, -0.15) is 0 Å². The van der Waals surface area contributed by atoms with E-state index in [4.69, 9.17) is 22.8 Å². The second-order valence-electron chi connectivity index (χ2n) is 5.49. The Bertz CT molecular complexity index is 367. The Labute approximate surface area is 115 Å². The molecule has 0 N–H and O–H groups in total. The fourth-order valence-corrected chi connectivity index (χ4v) is 6.09. The maximum Gasteiger partial charge on any atom is 0.507 e. The molecule has 2 fully saturated rings. The minimum atomic E-state index is -2.59. The molecule has 1 saturated heterocycles. The van der Waals surface area contributed by atoms with Gasteiger partial charge in [-0.1, -0.05) is 0 Å². The van der Waals surface area contributed by atoms with Crippen LogP contribution in [0.3, 0.4) is 0 Å². The Hall–Kier alpha value is -0.403. The maximum absolute atomic E-state index is 5.93. The average Bonchev–Trinajstić information content (AvgIpc) is 3.07. The van der Waals surface area contributed by atoms with Crippen LogP contribution in [-0.2, 0) is 22.8 Å². The van der Waals surface area contributed by atoms with Crippen molar-refractivity contribution in [3.05, 3.63) is 11.3 Å². The first kappa shape index (κ1) is 13.6. The molecule has 0 aromatic heterocycles. The molecule has 19 heavy (non-hydrogen) atoms. The van der Waals surface area contributed by atoms with Crippen LogP contribution in [0, 0.1) is 5.92 Å². The third-order valence-corrected chi connectivity index (χ3v) is 7.60. The van der Waals surface area contributed by atoms with Gasteiger partial charge in [0.15, 0.2) is 0 Å². The van der Waals surface area contributed by atoms with E-state index in [1.54, 1.807) is 21.3 Å². The Morgan fingerprint density at radius 1 is 1.16 bits per heavy atom. The lowest BCUT2D eigenvalue weighted by Gasteiger charge is -2.33. The molecule has 0 aromatic rings. The molecular weight excluding hydrogens is 264 g/mol. The van der Waals surface area contributed by atoms with Crippen LogP contribution in [0.25, 0.3) is 0 Å². The van der Waals surface area contributed by atoms with E-state index in [1.807, 2.05) is 0 Å². The number of hydrogen-bond acceptors (Lipinski definition) is 5. The summed E-state index contributed by atoms with van der Waals surface area (Å²) >= 11 is 0. The van der Waals surface area contributed by atoms with Gasteiger partial charge in [0.05, 0.1) is 17.9 Å². The van der Waals surface area contributed by atoms with Gasteiger partial charge >= 0.3 is 8.80 Å². The van der Waals surface area contributed by atoms with E-state index in [9.17, 15) is 0 Å². The largest absolute Gasteiger partial charge is 0.507 e. The second-order valence-corrected chi connectivity index (χ2v) is 8.62. The van der Waals surface area contributed by atoms with E-state index in [2.05, 4.69) is 0 Å². The lowest BCUT2D eigenvalue weighted by atomic mass is 10.0. The summed E-state index contributed by atoms with van der Waals surface area (Å²) < 4.78 is 28.0. The van der Waals surface area contributed by atoms with Gasteiger partial charge in [-0.05, 0) is 24.3 Å². The molecule has 5 nitrogen and oxygen atoms in total. The van der Waals surface area contributed by atoms with E-state index in [-0.39, 0.29) is 5.54 Å². The van der Waals surface area contributed by atoms with Gasteiger partial charge in [0.2, 0.25) is 0 Å². The summed E-state index contributed by atoms with van der Waals surface area (Å²) in [5.41, 5.74) is 1.63. The highest BCUT2D eigenvalue weighted by Crippen LogP contribution is 2.55. The molecule has 108 valence electrons. The molecule has 0 radical (unpaired) electrons. The minimum absolute atomic E-state index is 0.265. The molecule has 1 aliphatic heterocycles. The van der Waals surface area contributed by atoms with E-state index in [1.165, 1.54) is 5.57 Å². The van der Waals surface area contributed by atoms with Gasteiger partial charge in [-0.25, -0.2) is 0 Å². The van der Waals surface area contributed by atoms with Crippen molar-refractivity contribution in [2.75, 3.05) is 34.5 Å². The molecule has 0 spiro atoms. The van der Waals surface area contributed by atoms with Crippen molar-refractivity contribution in [3.63, 3.8) is 0 Å². The SMILES string of the molecule is CO[Si](OC)(OC)C1CC2CC(OCC3CO3)=C1C2.